The normalized spacial score (nSPS) is 16.9. The lowest BCUT2D eigenvalue weighted by molar-refractivity contribution is -0.119. The van der Waals surface area contributed by atoms with Gasteiger partial charge in [0.05, 0.1) is 6.54 Å². The van der Waals surface area contributed by atoms with Crippen LogP contribution in [0.4, 0.5) is 11.8 Å². The maximum Gasteiger partial charge on any atom is 0.332 e. The van der Waals surface area contributed by atoms with Crippen LogP contribution in [0.5, 0.6) is 0 Å². The third kappa shape index (κ3) is 3.78. The first-order valence-corrected chi connectivity index (χ1v) is 12.1. The number of aromatic amines is 1. The second-order valence-electron chi connectivity index (χ2n) is 9.32. The van der Waals surface area contributed by atoms with Crippen LogP contribution in [0, 0.1) is 5.92 Å². The average molecular weight is 519 g/mol. The first kappa shape index (κ1) is 23.0. The molecule has 37 heavy (non-hydrogen) atoms. The maximum absolute atomic E-state index is 13.5. The summed E-state index contributed by atoms with van der Waals surface area (Å²) in [4.78, 5) is 50.4. The van der Waals surface area contributed by atoms with Gasteiger partial charge in [-0.25, -0.2) is 9.78 Å². The average Bonchev–Trinajstić information content (AvgIpc) is 3.48. The highest BCUT2D eigenvalue weighted by atomic mass is 35.5. The lowest BCUT2D eigenvalue weighted by atomic mass is 10.2. The van der Waals surface area contributed by atoms with Crippen LogP contribution < -0.4 is 22.3 Å². The van der Waals surface area contributed by atoms with Crippen LogP contribution in [-0.2, 0) is 25.4 Å². The molecule has 2 atom stereocenters. The summed E-state index contributed by atoms with van der Waals surface area (Å²) >= 11 is 6.28. The number of H-pyrrole nitrogens is 1. The number of nitrogens with zero attached hydrogens (tertiary/aromatic N) is 5. The molecule has 0 bridgehead atoms. The molecule has 1 amide bonds. The van der Waals surface area contributed by atoms with Gasteiger partial charge in [-0.05, 0) is 36.8 Å². The number of anilines is 2. The molecule has 1 aliphatic carbocycles. The van der Waals surface area contributed by atoms with Crippen molar-refractivity contribution >= 4 is 51.3 Å². The molecule has 0 unspecified atom stereocenters. The molecule has 0 radical (unpaired) electrons. The molecule has 12 heteroatoms. The molecule has 1 saturated carbocycles. The highest BCUT2D eigenvalue weighted by Gasteiger charge is 2.43. The molecule has 4 aromatic heterocycles. The predicted octanol–water partition coefficient (Wildman–Crippen LogP) is 2.34. The number of nitrogens with one attached hydrogen (secondary N) is 2. The number of imidazole rings is 1. The summed E-state index contributed by atoms with van der Waals surface area (Å²) in [6.45, 7) is 0.0480. The fourth-order valence-corrected chi connectivity index (χ4v) is 5.03. The van der Waals surface area contributed by atoms with E-state index < -0.39 is 11.2 Å². The number of hydrogen-bond acceptors (Lipinski definition) is 6. The van der Waals surface area contributed by atoms with Crippen molar-refractivity contribution in [1.29, 1.82) is 0 Å². The van der Waals surface area contributed by atoms with E-state index in [9.17, 15) is 14.4 Å². The Morgan fingerprint density at radius 1 is 1.16 bits per heavy atom. The minimum atomic E-state index is -0.488. The second-order valence-corrected chi connectivity index (χ2v) is 9.73. The highest BCUT2D eigenvalue weighted by molar-refractivity contribution is 6.35. The largest absolute Gasteiger partial charge is 0.369 e. The Bertz CT molecular complexity index is 1850. The number of pyridine rings is 1. The van der Waals surface area contributed by atoms with Gasteiger partial charge in [0.25, 0.3) is 5.56 Å². The Morgan fingerprint density at radius 3 is 2.68 bits per heavy atom. The Kier molecular flexibility index (Phi) is 5.19. The summed E-state index contributed by atoms with van der Waals surface area (Å²) in [6, 6.07) is 12.8. The van der Waals surface area contributed by atoms with Crippen molar-refractivity contribution in [1.82, 2.24) is 28.7 Å². The summed E-state index contributed by atoms with van der Waals surface area (Å²) < 4.78 is 4.12. The van der Waals surface area contributed by atoms with Crippen LogP contribution in [0.25, 0.3) is 22.1 Å². The lowest BCUT2D eigenvalue weighted by Gasteiger charge is -2.08. The smallest absolute Gasteiger partial charge is 0.332 e. The zero-order valence-electron chi connectivity index (χ0n) is 20.0. The summed E-state index contributed by atoms with van der Waals surface area (Å²) in [5.41, 5.74) is 7.25. The summed E-state index contributed by atoms with van der Waals surface area (Å²) in [5.74, 6) is 0.343. The van der Waals surface area contributed by atoms with Crippen molar-refractivity contribution < 1.29 is 4.79 Å². The molecule has 6 rings (SSSR count). The van der Waals surface area contributed by atoms with Gasteiger partial charge in [0.1, 0.15) is 5.82 Å². The molecule has 1 aliphatic rings. The van der Waals surface area contributed by atoms with Crippen LogP contribution in [0.1, 0.15) is 23.7 Å². The number of primary amides is 1. The molecular weight excluding hydrogens is 496 g/mol. The van der Waals surface area contributed by atoms with Crippen LogP contribution in [0.15, 0.2) is 52.1 Å². The van der Waals surface area contributed by atoms with E-state index in [1.165, 1.54) is 9.13 Å². The zero-order chi connectivity index (χ0) is 26.0. The monoisotopic (exact) mass is 518 g/mol. The predicted molar refractivity (Wildman–Crippen MR) is 140 cm³/mol. The molecule has 4 heterocycles. The van der Waals surface area contributed by atoms with Gasteiger partial charge in [0.15, 0.2) is 11.2 Å². The van der Waals surface area contributed by atoms with E-state index >= 15 is 0 Å². The molecule has 0 spiro atoms. The fourth-order valence-electron chi connectivity index (χ4n) is 4.80. The van der Waals surface area contributed by atoms with Crippen LogP contribution in [0.2, 0.25) is 5.02 Å². The van der Waals surface area contributed by atoms with Crippen molar-refractivity contribution in [3.63, 3.8) is 0 Å². The minimum Gasteiger partial charge on any atom is -0.369 e. The number of benzene rings is 1. The lowest BCUT2D eigenvalue weighted by Crippen LogP contribution is -2.39. The minimum absolute atomic E-state index is 0.00670. The quantitative estimate of drug-likeness (QED) is 0.314. The number of carbonyl (C=O) groups is 1. The fraction of sp³-hybridized carbons (Fsp3) is 0.240. The molecule has 11 nitrogen and oxygen atoms in total. The van der Waals surface area contributed by atoms with Crippen molar-refractivity contribution in [2.24, 2.45) is 25.7 Å². The number of fused-ring (bicyclic) bond motifs is 2. The Morgan fingerprint density at radius 2 is 1.95 bits per heavy atom. The number of amides is 1. The van der Waals surface area contributed by atoms with E-state index in [0.717, 1.165) is 16.6 Å². The van der Waals surface area contributed by atoms with E-state index in [0.29, 0.717) is 28.9 Å². The molecule has 4 N–H and O–H groups in total. The molecule has 1 fully saturated rings. The molecule has 5 aromatic rings. The van der Waals surface area contributed by atoms with E-state index in [-0.39, 0.29) is 35.5 Å². The number of carbonyl (C=O) groups excluding carboxylic acids is 1. The highest BCUT2D eigenvalue weighted by Crippen LogP contribution is 2.46. The van der Waals surface area contributed by atoms with E-state index in [1.54, 1.807) is 30.8 Å². The Balaban J connectivity index is 1.37. The van der Waals surface area contributed by atoms with Gasteiger partial charge >= 0.3 is 5.69 Å². The maximum atomic E-state index is 13.5. The van der Waals surface area contributed by atoms with Gasteiger partial charge in [-0.2, -0.15) is 4.98 Å². The van der Waals surface area contributed by atoms with Crippen molar-refractivity contribution in [3.8, 4) is 0 Å². The topological polar surface area (TPSA) is 146 Å². The van der Waals surface area contributed by atoms with Gasteiger partial charge < -0.3 is 20.6 Å². The number of hydrogen-bond donors (Lipinski definition) is 3. The molecular formula is C25H23ClN8O3. The van der Waals surface area contributed by atoms with Crippen molar-refractivity contribution in [2.75, 3.05) is 5.32 Å². The standard InChI is InChI=1S/C25H23ClN8O3/c1-32-20-22(31-24(32)30-19-8-4-7-17(29-19)13-10-14(13)21(27)35)33(2)25(37)34(23(20)36)11-12-9-15-16(26)5-3-6-18(15)28-12/h3-9,13-14,28H,10-11H2,1-2H3,(H2,27,35)(H,29,30,31)/t13-,14-/m1/s1. The van der Waals surface area contributed by atoms with Crippen LogP contribution >= 0.6 is 11.6 Å². The summed E-state index contributed by atoms with van der Waals surface area (Å²) in [6.07, 6.45) is 0.683. The molecule has 0 saturated heterocycles. The third-order valence-corrected chi connectivity index (χ3v) is 7.23. The number of aryl methyl sites for hydroxylation is 2. The molecule has 0 aliphatic heterocycles. The summed E-state index contributed by atoms with van der Waals surface area (Å²) in [5, 5.41) is 4.54. The van der Waals surface area contributed by atoms with Gasteiger partial charge in [0.2, 0.25) is 11.9 Å². The van der Waals surface area contributed by atoms with Crippen molar-refractivity contribution in [3.05, 3.63) is 79.7 Å². The van der Waals surface area contributed by atoms with E-state index in [2.05, 4.69) is 20.3 Å². The second kappa shape index (κ2) is 8.34. The number of rotatable bonds is 6. The number of nitrogens with two attached hydrogens (primary N) is 1. The van der Waals surface area contributed by atoms with Crippen LogP contribution in [-0.4, -0.2) is 34.6 Å². The van der Waals surface area contributed by atoms with Crippen LogP contribution in [0.3, 0.4) is 0 Å². The molecule has 1 aromatic carbocycles. The molecule has 188 valence electrons. The first-order valence-electron chi connectivity index (χ1n) is 11.7. The van der Waals surface area contributed by atoms with Gasteiger partial charge in [-0.1, -0.05) is 23.7 Å². The van der Waals surface area contributed by atoms with E-state index in [1.807, 2.05) is 30.3 Å². The van der Waals surface area contributed by atoms with Gasteiger partial charge in [-0.15, -0.1) is 0 Å². The number of halogens is 1. The Hall–Kier alpha value is -4.38. The third-order valence-electron chi connectivity index (χ3n) is 6.90. The Labute approximate surface area is 214 Å². The van der Waals surface area contributed by atoms with Gasteiger partial charge in [0, 0.05) is 53.2 Å². The first-order chi connectivity index (χ1) is 17.7. The summed E-state index contributed by atoms with van der Waals surface area (Å²) in [7, 11) is 3.28. The van der Waals surface area contributed by atoms with Gasteiger partial charge in [-0.3, -0.25) is 18.7 Å². The van der Waals surface area contributed by atoms with Crippen molar-refractivity contribution in [2.45, 2.75) is 18.9 Å². The number of aromatic nitrogens is 6. The van der Waals surface area contributed by atoms with E-state index in [4.69, 9.17) is 17.3 Å². The SMILES string of the molecule is Cn1c(Nc2cccc([C@@H]3C[C@H]3C(N)=O)n2)nc2c1c(=O)n(Cc1cc3c(Cl)cccc3[nH]1)c(=O)n2C. The zero-order valence-corrected chi connectivity index (χ0v) is 20.8.